The van der Waals surface area contributed by atoms with E-state index in [1.807, 2.05) is 16.3 Å². The van der Waals surface area contributed by atoms with Gasteiger partial charge in [-0.2, -0.15) is 0 Å². The van der Waals surface area contributed by atoms with Gasteiger partial charge in [0.2, 0.25) is 5.91 Å². The standard InChI is InChI=1S/C17H25N3O2S.ClH/c21-16(5-8-18-17(22)15-2-1-11-23-15)20-9-6-14(7-10-20)19-12-13-3-4-13;/h1-2,11,13-14,19H,3-10,12H2,(H,18,22);1H. The maximum atomic E-state index is 12.2. The second-order valence-electron chi connectivity index (χ2n) is 6.49. The van der Waals surface area contributed by atoms with E-state index >= 15 is 0 Å². The number of nitrogens with zero attached hydrogens (tertiary/aromatic N) is 1. The van der Waals surface area contributed by atoms with E-state index in [2.05, 4.69) is 10.6 Å². The largest absolute Gasteiger partial charge is 0.351 e. The fourth-order valence-electron chi connectivity index (χ4n) is 2.92. The lowest BCUT2D eigenvalue weighted by Gasteiger charge is -2.32. The van der Waals surface area contributed by atoms with Crippen LogP contribution >= 0.6 is 23.7 Å². The highest BCUT2D eigenvalue weighted by molar-refractivity contribution is 7.12. The maximum absolute atomic E-state index is 12.2. The third kappa shape index (κ3) is 5.76. The molecule has 134 valence electrons. The van der Waals surface area contributed by atoms with Crippen LogP contribution in [0.2, 0.25) is 0 Å². The summed E-state index contributed by atoms with van der Waals surface area (Å²) in [5.74, 6) is 0.967. The molecule has 1 aromatic heterocycles. The SMILES string of the molecule is Cl.O=C(NCCC(=O)N1CCC(NCC2CC2)CC1)c1cccs1. The lowest BCUT2D eigenvalue weighted by molar-refractivity contribution is -0.132. The Labute approximate surface area is 153 Å². The first-order valence-electron chi connectivity index (χ1n) is 8.55. The Morgan fingerprint density at radius 1 is 1.21 bits per heavy atom. The number of piperidine rings is 1. The second kappa shape index (κ2) is 9.39. The first kappa shape index (κ1) is 19.2. The molecule has 2 N–H and O–H groups in total. The zero-order chi connectivity index (χ0) is 16.1. The van der Waals surface area contributed by atoms with Crippen molar-refractivity contribution in [1.82, 2.24) is 15.5 Å². The average molecular weight is 372 g/mol. The van der Waals surface area contributed by atoms with E-state index in [1.54, 1.807) is 6.07 Å². The molecule has 5 nitrogen and oxygen atoms in total. The van der Waals surface area contributed by atoms with Gasteiger partial charge < -0.3 is 15.5 Å². The molecule has 2 fully saturated rings. The Morgan fingerprint density at radius 2 is 1.96 bits per heavy atom. The molecule has 1 aliphatic carbocycles. The van der Waals surface area contributed by atoms with Gasteiger partial charge in [-0.15, -0.1) is 23.7 Å². The van der Waals surface area contributed by atoms with Crippen molar-refractivity contribution in [3.63, 3.8) is 0 Å². The number of hydrogen-bond donors (Lipinski definition) is 2. The maximum Gasteiger partial charge on any atom is 0.261 e. The lowest BCUT2D eigenvalue weighted by Crippen LogP contribution is -2.46. The van der Waals surface area contributed by atoms with Crippen molar-refractivity contribution >= 4 is 35.6 Å². The van der Waals surface area contributed by atoms with E-state index in [4.69, 9.17) is 0 Å². The van der Waals surface area contributed by atoms with Crippen molar-refractivity contribution in [2.45, 2.75) is 38.1 Å². The first-order valence-corrected chi connectivity index (χ1v) is 9.43. The summed E-state index contributed by atoms with van der Waals surface area (Å²) in [6, 6.07) is 4.21. The fourth-order valence-corrected chi connectivity index (χ4v) is 3.56. The van der Waals surface area contributed by atoms with Crippen LogP contribution in [0.15, 0.2) is 17.5 Å². The third-order valence-corrected chi connectivity index (χ3v) is 5.48. The highest BCUT2D eigenvalue weighted by atomic mass is 35.5. The number of carbonyl (C=O) groups is 2. The molecular weight excluding hydrogens is 346 g/mol. The van der Waals surface area contributed by atoms with Gasteiger partial charge in [-0.1, -0.05) is 6.07 Å². The zero-order valence-electron chi connectivity index (χ0n) is 13.8. The van der Waals surface area contributed by atoms with Gasteiger partial charge in [0.25, 0.3) is 5.91 Å². The van der Waals surface area contributed by atoms with E-state index in [0.29, 0.717) is 23.9 Å². The number of amides is 2. The van der Waals surface area contributed by atoms with E-state index in [-0.39, 0.29) is 24.2 Å². The molecule has 0 aromatic carbocycles. The molecule has 7 heteroatoms. The van der Waals surface area contributed by atoms with Gasteiger partial charge in [0.15, 0.2) is 0 Å². The second-order valence-corrected chi connectivity index (χ2v) is 7.44. The summed E-state index contributed by atoms with van der Waals surface area (Å²) in [5.41, 5.74) is 0. The Balaban J connectivity index is 0.00000208. The molecule has 0 atom stereocenters. The average Bonchev–Trinajstić information content (AvgIpc) is 3.24. The molecule has 24 heavy (non-hydrogen) atoms. The Bertz CT molecular complexity index is 526. The number of hydrogen-bond acceptors (Lipinski definition) is 4. The minimum Gasteiger partial charge on any atom is -0.351 e. The molecule has 1 saturated heterocycles. The number of nitrogens with one attached hydrogen (secondary N) is 2. The molecule has 2 heterocycles. The van der Waals surface area contributed by atoms with Crippen LogP contribution in [-0.2, 0) is 4.79 Å². The molecule has 1 saturated carbocycles. The predicted octanol–water partition coefficient (Wildman–Crippen LogP) is 2.28. The molecule has 0 spiro atoms. The number of thiophene rings is 1. The van der Waals surface area contributed by atoms with Crippen LogP contribution in [0.1, 0.15) is 41.8 Å². The molecule has 0 unspecified atom stereocenters. The normalized spacial score (nSPS) is 18.1. The molecule has 2 amide bonds. The van der Waals surface area contributed by atoms with Crippen molar-refractivity contribution in [3.05, 3.63) is 22.4 Å². The molecular formula is C17H26ClN3O2S. The van der Waals surface area contributed by atoms with Gasteiger partial charge in [0, 0.05) is 32.1 Å². The van der Waals surface area contributed by atoms with Crippen LogP contribution in [0.3, 0.4) is 0 Å². The Morgan fingerprint density at radius 3 is 2.58 bits per heavy atom. The highest BCUT2D eigenvalue weighted by Crippen LogP contribution is 2.28. The van der Waals surface area contributed by atoms with Crippen LogP contribution in [-0.4, -0.2) is 48.9 Å². The van der Waals surface area contributed by atoms with Crippen LogP contribution in [0.4, 0.5) is 0 Å². The van der Waals surface area contributed by atoms with Crippen molar-refractivity contribution in [3.8, 4) is 0 Å². The highest BCUT2D eigenvalue weighted by Gasteiger charge is 2.25. The number of halogens is 1. The van der Waals surface area contributed by atoms with Gasteiger partial charge in [-0.3, -0.25) is 9.59 Å². The minimum atomic E-state index is -0.0872. The van der Waals surface area contributed by atoms with Gasteiger partial charge in [0.05, 0.1) is 4.88 Å². The minimum absolute atomic E-state index is 0. The summed E-state index contributed by atoms with van der Waals surface area (Å²) >= 11 is 1.41. The predicted molar refractivity (Wildman–Crippen MR) is 98.8 cm³/mol. The van der Waals surface area contributed by atoms with E-state index < -0.39 is 0 Å². The smallest absolute Gasteiger partial charge is 0.261 e. The summed E-state index contributed by atoms with van der Waals surface area (Å²) in [6.45, 7) is 3.23. The summed E-state index contributed by atoms with van der Waals surface area (Å²) in [5, 5.41) is 8.31. The van der Waals surface area contributed by atoms with Gasteiger partial charge in [-0.05, 0) is 49.6 Å². The van der Waals surface area contributed by atoms with Crippen molar-refractivity contribution in [1.29, 1.82) is 0 Å². The summed E-state index contributed by atoms with van der Waals surface area (Å²) in [7, 11) is 0. The van der Waals surface area contributed by atoms with Crippen LogP contribution < -0.4 is 10.6 Å². The monoisotopic (exact) mass is 371 g/mol. The summed E-state index contributed by atoms with van der Waals surface area (Å²) in [6.07, 6.45) is 5.22. The molecule has 3 rings (SSSR count). The van der Waals surface area contributed by atoms with E-state index in [9.17, 15) is 9.59 Å². The summed E-state index contributed by atoms with van der Waals surface area (Å²) in [4.78, 5) is 26.6. The molecule has 1 aromatic rings. The topological polar surface area (TPSA) is 61.4 Å². The quantitative estimate of drug-likeness (QED) is 0.773. The molecule has 1 aliphatic heterocycles. The number of rotatable bonds is 7. The van der Waals surface area contributed by atoms with Crippen LogP contribution in [0.5, 0.6) is 0 Å². The van der Waals surface area contributed by atoms with E-state index in [1.165, 1.54) is 24.2 Å². The van der Waals surface area contributed by atoms with Gasteiger partial charge in [-0.25, -0.2) is 0 Å². The van der Waals surface area contributed by atoms with Crippen molar-refractivity contribution in [2.24, 2.45) is 5.92 Å². The van der Waals surface area contributed by atoms with Crippen LogP contribution in [0.25, 0.3) is 0 Å². The Kier molecular flexibility index (Phi) is 7.52. The van der Waals surface area contributed by atoms with Gasteiger partial charge >= 0.3 is 0 Å². The lowest BCUT2D eigenvalue weighted by atomic mass is 10.0. The fraction of sp³-hybridized carbons (Fsp3) is 0.647. The third-order valence-electron chi connectivity index (χ3n) is 4.61. The number of carbonyl (C=O) groups excluding carboxylic acids is 2. The summed E-state index contributed by atoms with van der Waals surface area (Å²) < 4.78 is 0. The van der Waals surface area contributed by atoms with E-state index in [0.717, 1.165) is 38.4 Å². The van der Waals surface area contributed by atoms with Gasteiger partial charge in [0.1, 0.15) is 0 Å². The van der Waals surface area contributed by atoms with Crippen LogP contribution in [0, 0.1) is 5.92 Å². The number of likely N-dealkylation sites (tertiary alicyclic amines) is 1. The van der Waals surface area contributed by atoms with Crippen molar-refractivity contribution < 1.29 is 9.59 Å². The molecule has 2 aliphatic rings. The molecule has 0 radical (unpaired) electrons. The zero-order valence-corrected chi connectivity index (χ0v) is 15.5. The molecule has 0 bridgehead atoms. The van der Waals surface area contributed by atoms with Crippen molar-refractivity contribution in [2.75, 3.05) is 26.2 Å². The Hall–Kier alpha value is -1.11. The first-order chi connectivity index (χ1) is 11.2.